The van der Waals surface area contributed by atoms with Gasteiger partial charge in [0.25, 0.3) is 0 Å². The van der Waals surface area contributed by atoms with Crippen molar-refractivity contribution in [2.24, 2.45) is 0 Å². The summed E-state index contributed by atoms with van der Waals surface area (Å²) in [5.74, 6) is 0. The van der Waals surface area contributed by atoms with Crippen LogP contribution in [0, 0.1) is 0 Å². The number of hydrogen-bond acceptors (Lipinski definition) is 1. The Bertz CT molecular complexity index is 596. The van der Waals surface area contributed by atoms with Gasteiger partial charge < -0.3 is 5.32 Å². The van der Waals surface area contributed by atoms with Crippen molar-refractivity contribution in [2.45, 2.75) is 18.6 Å². The highest BCUT2D eigenvalue weighted by atomic mass is 79.9. The van der Waals surface area contributed by atoms with Gasteiger partial charge >= 0.3 is 6.18 Å². The molecule has 0 aliphatic heterocycles. The summed E-state index contributed by atoms with van der Waals surface area (Å²) < 4.78 is 39.2. The van der Waals surface area contributed by atoms with Gasteiger partial charge in [0.2, 0.25) is 0 Å². The number of hydrogen-bond donors (Lipinski definition) is 1. The maximum atomic E-state index is 12.9. The van der Waals surface area contributed by atoms with E-state index in [2.05, 4.69) is 21.2 Å². The number of rotatable bonds is 4. The van der Waals surface area contributed by atoms with E-state index < -0.39 is 11.7 Å². The van der Waals surface area contributed by atoms with Crippen LogP contribution >= 0.6 is 15.9 Å². The molecule has 2 aromatic carbocycles. The molecule has 0 bridgehead atoms. The van der Waals surface area contributed by atoms with E-state index in [0.29, 0.717) is 16.5 Å². The largest absolute Gasteiger partial charge is 0.416 e. The van der Waals surface area contributed by atoms with E-state index in [1.165, 1.54) is 12.1 Å². The van der Waals surface area contributed by atoms with Crippen LogP contribution in [-0.2, 0) is 12.6 Å². The molecule has 0 saturated carbocycles. The average molecular weight is 358 g/mol. The topological polar surface area (TPSA) is 12.0 Å². The number of alkyl halides is 3. The number of likely N-dealkylation sites (N-methyl/N-ethyl adjacent to an activating group) is 1. The Morgan fingerprint density at radius 2 is 1.76 bits per heavy atom. The van der Waals surface area contributed by atoms with Crippen molar-refractivity contribution in [3.05, 3.63) is 69.7 Å². The minimum absolute atomic E-state index is 0.191. The molecule has 0 aliphatic carbocycles. The summed E-state index contributed by atoms with van der Waals surface area (Å²) in [5, 5.41) is 3.09. The third-order valence-corrected chi connectivity index (χ3v) is 4.05. The Morgan fingerprint density at radius 1 is 1.10 bits per heavy atom. The second-order valence-corrected chi connectivity index (χ2v) is 5.62. The lowest BCUT2D eigenvalue weighted by molar-refractivity contribution is -0.137. The standard InChI is InChI=1S/C16H15BrF3N/c1-21-15(9-11-5-3-2-4-6-11)13-10-12(16(18,19)20)7-8-14(13)17/h2-8,10,15,21H,9H2,1H3. The van der Waals surface area contributed by atoms with Crippen LogP contribution in [0.1, 0.15) is 22.7 Å². The Balaban J connectivity index is 2.33. The molecule has 0 aliphatic rings. The molecule has 2 aromatic rings. The van der Waals surface area contributed by atoms with Crippen LogP contribution in [0.2, 0.25) is 0 Å². The van der Waals surface area contributed by atoms with Crippen molar-refractivity contribution >= 4 is 15.9 Å². The minimum Gasteiger partial charge on any atom is -0.313 e. The van der Waals surface area contributed by atoms with E-state index in [1.54, 1.807) is 7.05 Å². The van der Waals surface area contributed by atoms with Crippen LogP contribution in [0.5, 0.6) is 0 Å². The number of benzene rings is 2. The molecule has 0 radical (unpaired) electrons. The molecule has 2 rings (SSSR count). The molecule has 112 valence electrons. The first-order valence-electron chi connectivity index (χ1n) is 6.49. The van der Waals surface area contributed by atoms with Gasteiger partial charge in [0.05, 0.1) is 5.56 Å². The SMILES string of the molecule is CNC(Cc1ccccc1)c1cc(C(F)(F)F)ccc1Br. The van der Waals surface area contributed by atoms with Crippen LogP contribution < -0.4 is 5.32 Å². The molecule has 5 heteroatoms. The molecule has 1 nitrogen and oxygen atoms in total. The predicted octanol–water partition coefficient (Wildman–Crippen LogP) is 4.97. The number of halogens is 4. The molecule has 21 heavy (non-hydrogen) atoms. The fourth-order valence-corrected chi connectivity index (χ4v) is 2.73. The van der Waals surface area contributed by atoms with E-state index in [1.807, 2.05) is 30.3 Å². The Kier molecular flexibility index (Phi) is 5.06. The first-order valence-corrected chi connectivity index (χ1v) is 7.29. The summed E-state index contributed by atoms with van der Waals surface area (Å²) in [6.07, 6.45) is -3.71. The molecule has 0 fully saturated rings. The monoisotopic (exact) mass is 357 g/mol. The zero-order valence-corrected chi connectivity index (χ0v) is 13.0. The van der Waals surface area contributed by atoms with Crippen molar-refractivity contribution in [3.63, 3.8) is 0 Å². The molecular weight excluding hydrogens is 343 g/mol. The molecule has 1 atom stereocenters. The van der Waals surface area contributed by atoms with Crippen LogP contribution in [-0.4, -0.2) is 7.05 Å². The van der Waals surface area contributed by atoms with Gasteiger partial charge in [-0.15, -0.1) is 0 Å². The zero-order valence-electron chi connectivity index (χ0n) is 11.4. The van der Waals surface area contributed by atoms with Crippen molar-refractivity contribution in [2.75, 3.05) is 7.05 Å². The summed E-state index contributed by atoms with van der Waals surface area (Å²) in [4.78, 5) is 0. The average Bonchev–Trinajstić information content (AvgIpc) is 2.45. The van der Waals surface area contributed by atoms with E-state index in [-0.39, 0.29) is 6.04 Å². The fourth-order valence-electron chi connectivity index (χ4n) is 2.20. The van der Waals surface area contributed by atoms with Gasteiger partial charge in [0.1, 0.15) is 0 Å². The van der Waals surface area contributed by atoms with Gasteiger partial charge in [-0.3, -0.25) is 0 Å². The molecule has 1 N–H and O–H groups in total. The zero-order chi connectivity index (χ0) is 15.5. The summed E-state index contributed by atoms with van der Waals surface area (Å²) in [6.45, 7) is 0. The third kappa shape index (κ3) is 4.08. The molecule has 0 heterocycles. The van der Waals surface area contributed by atoms with Crippen molar-refractivity contribution < 1.29 is 13.2 Å². The van der Waals surface area contributed by atoms with Gasteiger partial charge in [0.15, 0.2) is 0 Å². The highest BCUT2D eigenvalue weighted by Crippen LogP contribution is 2.34. The first-order chi connectivity index (χ1) is 9.91. The van der Waals surface area contributed by atoms with Gasteiger partial charge in [0, 0.05) is 10.5 Å². The summed E-state index contributed by atoms with van der Waals surface area (Å²) in [7, 11) is 1.75. The summed E-state index contributed by atoms with van der Waals surface area (Å²) in [5.41, 5.74) is 1.05. The second-order valence-electron chi connectivity index (χ2n) is 4.77. The van der Waals surface area contributed by atoms with Gasteiger partial charge in [-0.1, -0.05) is 46.3 Å². The van der Waals surface area contributed by atoms with Crippen LogP contribution in [0.15, 0.2) is 53.0 Å². The van der Waals surface area contributed by atoms with Gasteiger partial charge in [-0.05, 0) is 42.8 Å². The Labute approximate surface area is 130 Å². The second kappa shape index (κ2) is 6.62. The number of nitrogens with one attached hydrogen (secondary N) is 1. The van der Waals surface area contributed by atoms with Crippen LogP contribution in [0.25, 0.3) is 0 Å². The lowest BCUT2D eigenvalue weighted by atomic mass is 9.97. The lowest BCUT2D eigenvalue weighted by Crippen LogP contribution is -2.20. The molecule has 1 unspecified atom stereocenters. The van der Waals surface area contributed by atoms with E-state index in [0.717, 1.165) is 11.6 Å². The summed E-state index contributed by atoms with van der Waals surface area (Å²) >= 11 is 3.34. The maximum Gasteiger partial charge on any atom is 0.416 e. The Hall–Kier alpha value is -1.33. The maximum absolute atomic E-state index is 12.9. The van der Waals surface area contributed by atoms with Crippen molar-refractivity contribution in [1.29, 1.82) is 0 Å². The van der Waals surface area contributed by atoms with Crippen LogP contribution in [0.4, 0.5) is 13.2 Å². The smallest absolute Gasteiger partial charge is 0.313 e. The molecule has 0 amide bonds. The molecular formula is C16H15BrF3N. The normalized spacial score (nSPS) is 13.2. The predicted molar refractivity (Wildman–Crippen MR) is 81.1 cm³/mol. The van der Waals surface area contributed by atoms with Gasteiger partial charge in [-0.25, -0.2) is 0 Å². The molecule has 0 aromatic heterocycles. The first kappa shape index (κ1) is 16.0. The lowest BCUT2D eigenvalue weighted by Gasteiger charge is -2.20. The highest BCUT2D eigenvalue weighted by Gasteiger charge is 2.31. The summed E-state index contributed by atoms with van der Waals surface area (Å²) in [6, 6.07) is 13.2. The van der Waals surface area contributed by atoms with E-state index >= 15 is 0 Å². The molecule has 0 spiro atoms. The quantitative estimate of drug-likeness (QED) is 0.814. The van der Waals surface area contributed by atoms with Crippen LogP contribution in [0.3, 0.4) is 0 Å². The fraction of sp³-hybridized carbons (Fsp3) is 0.250. The van der Waals surface area contributed by atoms with E-state index in [4.69, 9.17) is 0 Å². The van der Waals surface area contributed by atoms with Gasteiger partial charge in [-0.2, -0.15) is 13.2 Å². The highest BCUT2D eigenvalue weighted by molar-refractivity contribution is 9.10. The minimum atomic E-state index is -4.33. The van der Waals surface area contributed by atoms with Crippen molar-refractivity contribution in [3.8, 4) is 0 Å². The third-order valence-electron chi connectivity index (χ3n) is 3.33. The Morgan fingerprint density at radius 3 is 2.33 bits per heavy atom. The van der Waals surface area contributed by atoms with E-state index in [9.17, 15) is 13.2 Å². The van der Waals surface area contributed by atoms with Crippen molar-refractivity contribution in [1.82, 2.24) is 5.32 Å². The molecule has 0 saturated heterocycles.